The molecule has 0 spiro atoms. The Balaban J connectivity index is 0.000000444. The highest BCUT2D eigenvalue weighted by atomic mass is 36.0. The van der Waals surface area contributed by atoms with Gasteiger partial charge in [0.05, 0.1) is 85.9 Å². The lowest BCUT2D eigenvalue weighted by Crippen LogP contribution is -2.10. The largest absolute Gasteiger partial charge is 0.508 e. The van der Waals surface area contributed by atoms with Crippen LogP contribution in [0.4, 0.5) is 0 Å². The summed E-state index contributed by atoms with van der Waals surface area (Å²) >= 11 is 13.8. The smallest absolute Gasteiger partial charge is 0.211 e. The lowest BCUT2D eigenvalue weighted by molar-refractivity contribution is 0.0500. The predicted octanol–water partition coefficient (Wildman–Crippen LogP) is 9.04. The number of fused-ring (bicyclic) bond motifs is 4. The molecule has 2 N–H and O–H groups in total. The topological polar surface area (TPSA) is 175 Å². The molecule has 0 fully saturated rings. The standard InChI is InChI=1S/C18H18O4S.C13H8O2S.2C5H11ClO2.C5H12O3.Cl2OS/c1-20-8-9-21-10-11-22-13-6-7-17-15(12-13)18(19)14-4-2-3-5-16(14)23-17;14-8-5-6-12-10(7-8)13(15)9-3-1-2-4-11(9)16-12;3*1-7-4-5-8-3-2-6;1-4(2)3/h2-7,12H,8-11H2,1H3;1-7,14H;2*2-5H2,1H3;6H,2-5H2,1H3;. The lowest BCUT2D eigenvalue weighted by Gasteiger charge is -2.08. The number of aliphatic hydroxyl groups excluding tert-OH is 1. The van der Waals surface area contributed by atoms with E-state index in [2.05, 4.69) is 26.1 Å². The number of methoxy groups -OCH3 is 4. The van der Waals surface area contributed by atoms with Crippen molar-refractivity contribution < 1.29 is 57.1 Å². The van der Waals surface area contributed by atoms with E-state index in [4.69, 9.17) is 70.4 Å². The summed E-state index contributed by atoms with van der Waals surface area (Å²) in [5, 5.41) is 20.3. The minimum atomic E-state index is -1.67. The zero-order chi connectivity index (χ0) is 49.5. The van der Waals surface area contributed by atoms with E-state index in [0.29, 0.717) is 120 Å². The van der Waals surface area contributed by atoms with Gasteiger partial charge in [0, 0.05) is 102 Å². The minimum Gasteiger partial charge on any atom is -0.508 e. The molecule has 0 amide bonds. The van der Waals surface area contributed by atoms with Crippen molar-refractivity contribution in [1.29, 1.82) is 0 Å². The van der Waals surface area contributed by atoms with E-state index in [0.717, 1.165) is 24.2 Å². The Hall–Kier alpha value is -2.79. The molecule has 0 bridgehead atoms. The number of aliphatic hydroxyl groups is 1. The van der Waals surface area contributed by atoms with Crippen molar-refractivity contribution in [2.75, 3.05) is 133 Å². The van der Waals surface area contributed by atoms with E-state index < -0.39 is 9.23 Å². The third-order valence-electron chi connectivity index (χ3n) is 8.01. The summed E-state index contributed by atoms with van der Waals surface area (Å²) in [4.78, 5) is 24.7. The van der Waals surface area contributed by atoms with Crippen LogP contribution < -0.4 is 15.6 Å². The number of ether oxygens (including phenoxy) is 9. The first-order valence-electron chi connectivity index (χ1n) is 20.5. The van der Waals surface area contributed by atoms with Crippen LogP contribution >= 0.6 is 67.2 Å². The monoisotopic (exact) mass is 1070 g/mol. The molecule has 6 rings (SSSR count). The fourth-order valence-electron chi connectivity index (χ4n) is 5.03. The fourth-order valence-corrected chi connectivity index (χ4v) is 7.35. The quantitative estimate of drug-likeness (QED) is 0.0285. The molecule has 2 heterocycles. The summed E-state index contributed by atoms with van der Waals surface area (Å²) < 4.78 is 57.8. The van der Waals surface area contributed by atoms with Crippen molar-refractivity contribution in [2.45, 2.75) is 0 Å². The molecule has 0 saturated heterocycles. The molecular weight excluding hydrogens is 1010 g/mol. The number of phenols is 1. The average molecular weight is 1070 g/mol. The third kappa shape index (κ3) is 27.9. The Morgan fingerprint density at radius 2 is 0.866 bits per heavy atom. The second-order valence-corrected chi connectivity index (χ2v) is 18.2. The molecule has 14 nitrogen and oxygen atoms in total. The predicted molar refractivity (Wildman–Crippen MR) is 278 cm³/mol. The number of hydrogen-bond donors (Lipinski definition) is 2. The summed E-state index contributed by atoms with van der Waals surface area (Å²) in [6.07, 6.45) is 0. The van der Waals surface area contributed by atoms with Gasteiger partial charge >= 0.3 is 0 Å². The van der Waals surface area contributed by atoms with Crippen molar-refractivity contribution in [2.24, 2.45) is 0 Å². The molecule has 67 heavy (non-hydrogen) atoms. The molecule has 21 heteroatoms. The summed E-state index contributed by atoms with van der Waals surface area (Å²) in [7, 11) is 13.9. The van der Waals surface area contributed by atoms with E-state index in [1.165, 1.54) is 6.07 Å². The van der Waals surface area contributed by atoms with Gasteiger partial charge in [0.1, 0.15) is 18.1 Å². The Morgan fingerprint density at radius 1 is 0.493 bits per heavy atom. The van der Waals surface area contributed by atoms with Gasteiger partial charge in [-0.25, -0.2) is 4.21 Å². The van der Waals surface area contributed by atoms with Crippen LogP contribution in [0.15, 0.2) is 94.5 Å². The van der Waals surface area contributed by atoms with Crippen molar-refractivity contribution >= 4 is 117 Å². The second kappa shape index (κ2) is 41.0. The number of benzene rings is 4. The van der Waals surface area contributed by atoms with E-state index in [1.54, 1.807) is 63.2 Å². The van der Waals surface area contributed by atoms with E-state index >= 15 is 0 Å². The van der Waals surface area contributed by atoms with Gasteiger partial charge in [0.2, 0.25) is 9.23 Å². The molecule has 0 aliphatic rings. The Labute approximate surface area is 420 Å². The van der Waals surface area contributed by atoms with E-state index in [-0.39, 0.29) is 23.2 Å². The van der Waals surface area contributed by atoms with Gasteiger partial charge in [-0.3, -0.25) is 9.59 Å². The van der Waals surface area contributed by atoms with Crippen LogP contribution in [-0.4, -0.2) is 147 Å². The number of halogens is 4. The maximum absolute atomic E-state index is 12.6. The normalized spacial score (nSPS) is 10.5. The van der Waals surface area contributed by atoms with Crippen LogP contribution in [0.1, 0.15) is 0 Å². The first-order chi connectivity index (χ1) is 32.5. The van der Waals surface area contributed by atoms with Crippen LogP contribution in [0.3, 0.4) is 0 Å². The molecule has 0 saturated carbocycles. The summed E-state index contributed by atoms with van der Waals surface area (Å²) in [5.41, 5.74) is 0.0383. The average Bonchev–Trinajstić information content (AvgIpc) is 3.33. The Bertz CT molecular complexity index is 2290. The maximum atomic E-state index is 12.6. The molecule has 374 valence electrons. The van der Waals surface area contributed by atoms with Gasteiger partial charge in [-0.15, -0.1) is 45.9 Å². The number of rotatable bonds is 22. The number of alkyl halides is 2. The van der Waals surface area contributed by atoms with Gasteiger partial charge < -0.3 is 52.8 Å². The SMILES string of the molecule is COCCOCCCl.COCCOCCCl.COCCOCCO.COCCOCCOc1ccc2sc3ccccc3c(=O)c2c1.O=S(Cl)Cl.O=c1c2ccccc2sc2ccc(O)cc12. The maximum Gasteiger partial charge on any atom is 0.211 e. The molecular formula is C46H60Cl4O14S3. The van der Waals surface area contributed by atoms with Crippen LogP contribution in [0.5, 0.6) is 11.5 Å². The Kier molecular flexibility index (Phi) is 38.1. The molecule has 0 radical (unpaired) electrons. The van der Waals surface area contributed by atoms with Crippen LogP contribution in [0.2, 0.25) is 0 Å². The Morgan fingerprint density at radius 3 is 1.30 bits per heavy atom. The molecule has 6 aromatic rings. The summed E-state index contributed by atoms with van der Waals surface area (Å²) in [6.45, 7) is 7.53. The first-order valence-corrected chi connectivity index (χ1v) is 26.0. The molecule has 2 aromatic heterocycles. The summed E-state index contributed by atoms with van der Waals surface area (Å²) in [5.74, 6) is 1.94. The summed E-state index contributed by atoms with van der Waals surface area (Å²) in [6, 6.07) is 25.8. The van der Waals surface area contributed by atoms with E-state index in [9.17, 15) is 14.7 Å². The van der Waals surface area contributed by atoms with Crippen molar-refractivity contribution in [3.8, 4) is 11.5 Å². The lowest BCUT2D eigenvalue weighted by atomic mass is 10.2. The second-order valence-electron chi connectivity index (χ2n) is 12.7. The highest BCUT2D eigenvalue weighted by molar-refractivity contribution is 8.26. The van der Waals surface area contributed by atoms with Crippen LogP contribution in [0, 0.1) is 0 Å². The van der Waals surface area contributed by atoms with Crippen molar-refractivity contribution in [3.05, 3.63) is 105 Å². The highest BCUT2D eigenvalue weighted by Crippen LogP contribution is 2.28. The molecule has 4 aromatic carbocycles. The molecule has 0 aliphatic heterocycles. The van der Waals surface area contributed by atoms with Crippen molar-refractivity contribution in [3.63, 3.8) is 0 Å². The molecule has 0 aliphatic carbocycles. The number of phenolic OH excluding ortho intramolecular Hbond substituents is 1. The molecule has 0 unspecified atom stereocenters. The number of hydrogen-bond acceptors (Lipinski definition) is 16. The minimum absolute atomic E-state index is 0.0137. The fraction of sp³-hybridized carbons (Fsp3) is 0.435. The number of aromatic hydroxyl groups is 1. The van der Waals surface area contributed by atoms with Gasteiger partial charge in [-0.05, 0) is 60.7 Å². The highest BCUT2D eigenvalue weighted by Gasteiger charge is 2.08. The van der Waals surface area contributed by atoms with E-state index in [1.807, 2.05) is 66.7 Å². The van der Waals surface area contributed by atoms with Crippen LogP contribution in [0.25, 0.3) is 40.3 Å². The zero-order valence-corrected chi connectivity index (χ0v) is 43.4. The van der Waals surface area contributed by atoms with Gasteiger partial charge in [0.15, 0.2) is 10.9 Å². The molecule has 0 atom stereocenters. The van der Waals surface area contributed by atoms with Gasteiger partial charge in [-0.2, -0.15) is 0 Å². The third-order valence-corrected chi connectivity index (χ3v) is 10.6. The van der Waals surface area contributed by atoms with Crippen molar-refractivity contribution in [1.82, 2.24) is 0 Å². The van der Waals surface area contributed by atoms with Crippen LogP contribution in [-0.2, 0) is 47.1 Å². The zero-order valence-electron chi connectivity index (χ0n) is 37.9. The first kappa shape index (κ1) is 62.2. The van der Waals surface area contributed by atoms with Gasteiger partial charge in [-0.1, -0.05) is 24.3 Å². The van der Waals surface area contributed by atoms with Gasteiger partial charge in [0.25, 0.3) is 0 Å².